The van der Waals surface area contributed by atoms with E-state index in [-0.39, 0.29) is 5.56 Å². The van der Waals surface area contributed by atoms with Crippen LogP contribution in [0.5, 0.6) is 0 Å². The van der Waals surface area contributed by atoms with Gasteiger partial charge in [0.25, 0.3) is 5.69 Å². The van der Waals surface area contributed by atoms with Crippen LogP contribution in [0.15, 0.2) is 36.4 Å². The molecule has 0 spiro atoms. The Hall–Kier alpha value is -2.37. The zero-order valence-corrected chi connectivity index (χ0v) is 8.86. The first-order valence-electron chi connectivity index (χ1n) is 4.89. The predicted octanol–water partition coefficient (Wildman–Crippen LogP) is 3.68. The van der Waals surface area contributed by atoms with E-state index in [1.54, 1.807) is 0 Å². The SMILES string of the molecule is O=[N+]([O-])c1ccc(F)c(F)c1-c1ccccc1F. The van der Waals surface area contributed by atoms with E-state index < -0.39 is 33.6 Å². The zero-order valence-electron chi connectivity index (χ0n) is 8.86. The lowest BCUT2D eigenvalue weighted by Gasteiger charge is -2.06. The van der Waals surface area contributed by atoms with Gasteiger partial charge in [-0.15, -0.1) is 0 Å². The minimum atomic E-state index is -1.44. The van der Waals surface area contributed by atoms with Gasteiger partial charge in [-0.2, -0.15) is 0 Å². The Morgan fingerprint density at radius 1 is 0.944 bits per heavy atom. The molecule has 2 rings (SSSR count). The van der Waals surface area contributed by atoms with Gasteiger partial charge in [-0.25, -0.2) is 13.2 Å². The molecule has 3 nitrogen and oxygen atoms in total. The van der Waals surface area contributed by atoms with Crippen LogP contribution in [-0.4, -0.2) is 4.92 Å². The number of hydrogen-bond acceptors (Lipinski definition) is 2. The summed E-state index contributed by atoms with van der Waals surface area (Å²) in [5.74, 6) is -3.56. The number of nitro benzene ring substituents is 1. The molecule has 0 saturated carbocycles. The first kappa shape index (κ1) is 12.1. The summed E-state index contributed by atoms with van der Waals surface area (Å²) in [7, 11) is 0. The fraction of sp³-hybridized carbons (Fsp3) is 0. The van der Waals surface area contributed by atoms with Crippen molar-refractivity contribution in [3.05, 3.63) is 64.0 Å². The van der Waals surface area contributed by atoms with Crippen LogP contribution < -0.4 is 0 Å². The van der Waals surface area contributed by atoms with Crippen LogP contribution in [-0.2, 0) is 0 Å². The van der Waals surface area contributed by atoms with E-state index >= 15 is 0 Å². The highest BCUT2D eigenvalue weighted by molar-refractivity contribution is 5.74. The van der Waals surface area contributed by atoms with Crippen LogP contribution in [0.3, 0.4) is 0 Å². The molecule has 0 bridgehead atoms. The van der Waals surface area contributed by atoms with E-state index in [1.807, 2.05) is 0 Å². The molecule has 0 amide bonds. The van der Waals surface area contributed by atoms with E-state index in [0.29, 0.717) is 6.07 Å². The summed E-state index contributed by atoms with van der Waals surface area (Å²) in [5.41, 5.74) is -1.71. The smallest absolute Gasteiger partial charge is 0.258 e. The molecule has 2 aromatic rings. The minimum absolute atomic E-state index is 0.346. The second-order valence-electron chi connectivity index (χ2n) is 3.49. The Morgan fingerprint density at radius 3 is 2.22 bits per heavy atom. The lowest BCUT2D eigenvalue weighted by molar-refractivity contribution is -0.384. The number of nitrogens with zero attached hydrogens (tertiary/aromatic N) is 1. The maximum Gasteiger partial charge on any atom is 0.280 e. The molecule has 0 saturated heterocycles. The first-order valence-corrected chi connectivity index (χ1v) is 4.89. The average molecular weight is 253 g/mol. The van der Waals surface area contributed by atoms with E-state index in [4.69, 9.17) is 0 Å². The molecular formula is C12H6F3NO2. The van der Waals surface area contributed by atoms with Crippen molar-refractivity contribution in [2.24, 2.45) is 0 Å². The lowest BCUT2D eigenvalue weighted by Crippen LogP contribution is -1.99. The van der Waals surface area contributed by atoms with E-state index in [1.165, 1.54) is 12.1 Å². The average Bonchev–Trinajstić information content (AvgIpc) is 2.33. The third-order valence-electron chi connectivity index (χ3n) is 2.41. The maximum absolute atomic E-state index is 13.6. The van der Waals surface area contributed by atoms with Gasteiger partial charge in [0.15, 0.2) is 11.6 Å². The molecule has 2 aromatic carbocycles. The molecule has 6 heteroatoms. The second-order valence-corrected chi connectivity index (χ2v) is 3.49. The van der Waals surface area contributed by atoms with Crippen molar-refractivity contribution in [2.45, 2.75) is 0 Å². The summed E-state index contributed by atoms with van der Waals surface area (Å²) in [5, 5.41) is 10.8. The standard InChI is InChI=1S/C12H6F3NO2/c13-8-4-2-1-3-7(8)11-10(16(17)18)6-5-9(14)12(11)15/h1-6H. The summed E-state index contributed by atoms with van der Waals surface area (Å²) in [6, 6.07) is 6.34. The molecule has 0 atom stereocenters. The van der Waals surface area contributed by atoms with Crippen LogP contribution in [0.1, 0.15) is 0 Å². The topological polar surface area (TPSA) is 43.1 Å². The third-order valence-corrected chi connectivity index (χ3v) is 2.41. The molecule has 0 aliphatic rings. The molecule has 92 valence electrons. The molecule has 0 fully saturated rings. The Balaban J connectivity index is 2.81. The highest BCUT2D eigenvalue weighted by Gasteiger charge is 2.24. The van der Waals surface area contributed by atoms with Gasteiger partial charge in [0.1, 0.15) is 11.4 Å². The maximum atomic E-state index is 13.6. The van der Waals surface area contributed by atoms with Crippen molar-refractivity contribution in [2.75, 3.05) is 0 Å². The van der Waals surface area contributed by atoms with Gasteiger partial charge < -0.3 is 0 Å². The summed E-state index contributed by atoms with van der Waals surface area (Å²) in [6.07, 6.45) is 0. The van der Waals surface area contributed by atoms with Crippen molar-refractivity contribution in [3.63, 3.8) is 0 Å². The minimum Gasteiger partial charge on any atom is -0.258 e. The van der Waals surface area contributed by atoms with Gasteiger partial charge in [-0.3, -0.25) is 10.1 Å². The fourth-order valence-electron chi connectivity index (χ4n) is 1.61. The Kier molecular flexibility index (Phi) is 3.01. The van der Waals surface area contributed by atoms with Gasteiger partial charge in [-0.1, -0.05) is 18.2 Å². The van der Waals surface area contributed by atoms with Gasteiger partial charge in [0.2, 0.25) is 0 Å². The number of halogens is 3. The monoisotopic (exact) mass is 253 g/mol. The normalized spacial score (nSPS) is 10.4. The van der Waals surface area contributed by atoms with Crippen LogP contribution in [0.2, 0.25) is 0 Å². The van der Waals surface area contributed by atoms with Crippen LogP contribution in [0.4, 0.5) is 18.9 Å². The van der Waals surface area contributed by atoms with Crippen molar-refractivity contribution in [3.8, 4) is 11.1 Å². The number of hydrogen-bond donors (Lipinski definition) is 0. The highest BCUT2D eigenvalue weighted by Crippen LogP contribution is 2.34. The van der Waals surface area contributed by atoms with Crippen LogP contribution in [0, 0.1) is 27.6 Å². The van der Waals surface area contributed by atoms with Gasteiger partial charge in [0.05, 0.1) is 4.92 Å². The Bertz CT molecular complexity index is 629. The molecule has 0 radical (unpaired) electrons. The van der Waals surface area contributed by atoms with Gasteiger partial charge in [0, 0.05) is 11.6 Å². The molecule has 0 heterocycles. The molecule has 0 unspecified atom stereocenters. The molecule has 0 aliphatic carbocycles. The predicted molar refractivity (Wildman–Crippen MR) is 58.4 cm³/mol. The second kappa shape index (κ2) is 4.48. The molecule has 0 N–H and O–H groups in total. The van der Waals surface area contributed by atoms with Crippen molar-refractivity contribution < 1.29 is 18.1 Å². The van der Waals surface area contributed by atoms with Gasteiger partial charge in [-0.05, 0) is 12.1 Å². The highest BCUT2D eigenvalue weighted by atomic mass is 19.2. The van der Waals surface area contributed by atoms with E-state index in [2.05, 4.69) is 0 Å². The summed E-state index contributed by atoms with van der Waals surface area (Å²) >= 11 is 0. The summed E-state index contributed by atoms with van der Waals surface area (Å²) in [4.78, 5) is 9.88. The largest absolute Gasteiger partial charge is 0.280 e. The number of nitro groups is 1. The van der Waals surface area contributed by atoms with Crippen molar-refractivity contribution >= 4 is 5.69 Å². The lowest BCUT2D eigenvalue weighted by atomic mass is 10.0. The molecule has 0 aliphatic heterocycles. The Labute approximate surface area is 99.6 Å². The number of rotatable bonds is 2. The zero-order chi connectivity index (χ0) is 13.3. The summed E-state index contributed by atoms with van der Waals surface area (Å²) in [6.45, 7) is 0. The van der Waals surface area contributed by atoms with Crippen LogP contribution in [0.25, 0.3) is 11.1 Å². The van der Waals surface area contributed by atoms with E-state index in [0.717, 1.165) is 18.2 Å². The Morgan fingerprint density at radius 2 is 1.61 bits per heavy atom. The quantitative estimate of drug-likeness (QED) is 0.605. The first-order chi connectivity index (χ1) is 8.52. The molecule has 18 heavy (non-hydrogen) atoms. The fourth-order valence-corrected chi connectivity index (χ4v) is 1.61. The number of benzene rings is 2. The summed E-state index contributed by atoms with van der Waals surface area (Å²) < 4.78 is 40.3. The van der Waals surface area contributed by atoms with Crippen molar-refractivity contribution in [1.29, 1.82) is 0 Å². The van der Waals surface area contributed by atoms with E-state index in [9.17, 15) is 23.3 Å². The van der Waals surface area contributed by atoms with Crippen molar-refractivity contribution in [1.82, 2.24) is 0 Å². The van der Waals surface area contributed by atoms with Crippen LogP contribution >= 0.6 is 0 Å². The molecule has 0 aromatic heterocycles. The van der Waals surface area contributed by atoms with Gasteiger partial charge >= 0.3 is 0 Å². The third kappa shape index (κ3) is 1.92. The molecular weight excluding hydrogens is 247 g/mol.